The van der Waals surface area contributed by atoms with E-state index in [0.29, 0.717) is 24.4 Å². The summed E-state index contributed by atoms with van der Waals surface area (Å²) >= 11 is 0. The Morgan fingerprint density at radius 3 is 2.12 bits per heavy atom. The van der Waals surface area contributed by atoms with Gasteiger partial charge in [0.25, 0.3) is 10.0 Å². The van der Waals surface area contributed by atoms with E-state index in [1.54, 1.807) is 24.5 Å². The first kappa shape index (κ1) is 26.5. The molecule has 3 aromatic rings. The predicted octanol–water partition coefficient (Wildman–Crippen LogP) is 3.14. The van der Waals surface area contributed by atoms with Crippen molar-refractivity contribution in [2.45, 2.75) is 32.2 Å². The van der Waals surface area contributed by atoms with Gasteiger partial charge >= 0.3 is 11.9 Å². The molecule has 0 atom stereocenters. The highest BCUT2D eigenvalue weighted by Crippen LogP contribution is 2.32. The van der Waals surface area contributed by atoms with E-state index < -0.39 is 22.0 Å². The van der Waals surface area contributed by atoms with Crippen LogP contribution in [0.1, 0.15) is 22.3 Å². The number of aliphatic carboxylic acids is 2. The molecule has 2 heterocycles. The van der Waals surface area contributed by atoms with Crippen LogP contribution >= 0.6 is 0 Å². The number of rotatable bonds is 7. The second kappa shape index (κ2) is 11.4. The number of carboxylic acid groups (broad SMARTS) is 2. The van der Waals surface area contributed by atoms with Crippen LogP contribution in [-0.2, 0) is 26.2 Å². The summed E-state index contributed by atoms with van der Waals surface area (Å²) in [5.74, 6) is -2.51. The number of benzene rings is 1. The lowest BCUT2D eigenvalue weighted by molar-refractivity contribution is -0.134. The van der Waals surface area contributed by atoms with Gasteiger partial charge in [-0.15, -0.1) is 0 Å². The molecule has 0 spiro atoms. The molecule has 0 aliphatic heterocycles. The average molecular weight is 486 g/mol. The van der Waals surface area contributed by atoms with Crippen molar-refractivity contribution in [1.29, 1.82) is 0 Å². The number of nitrogens with one attached hydrogen (secondary N) is 1. The highest BCUT2D eigenvalue weighted by atomic mass is 32.2. The summed E-state index contributed by atoms with van der Waals surface area (Å²) in [6.07, 6.45) is 5.75. The first-order chi connectivity index (χ1) is 16.0. The quantitative estimate of drug-likeness (QED) is 0.434. The zero-order chi connectivity index (χ0) is 25.5. The van der Waals surface area contributed by atoms with E-state index in [0.717, 1.165) is 27.8 Å². The van der Waals surface area contributed by atoms with Crippen LogP contribution in [0.2, 0.25) is 0 Å². The topological polar surface area (TPSA) is 139 Å². The number of nitrogens with zero attached hydrogens (tertiary/aromatic N) is 2. The summed E-state index contributed by atoms with van der Waals surface area (Å²) in [6.45, 7) is 6.66. The molecule has 3 N–H and O–H groups in total. The van der Waals surface area contributed by atoms with Gasteiger partial charge in [0.05, 0.1) is 5.69 Å². The molecule has 34 heavy (non-hydrogen) atoms. The summed E-state index contributed by atoms with van der Waals surface area (Å²) in [7, 11) is -1.89. The summed E-state index contributed by atoms with van der Waals surface area (Å²) in [5.41, 5.74) is 5.81. The van der Waals surface area contributed by atoms with Crippen LogP contribution in [-0.4, -0.2) is 46.6 Å². The number of aryl methyl sites for hydroxylation is 3. The van der Waals surface area contributed by atoms with Crippen molar-refractivity contribution in [2.75, 3.05) is 7.05 Å². The highest BCUT2D eigenvalue weighted by Gasteiger charge is 2.23. The summed E-state index contributed by atoms with van der Waals surface area (Å²) in [6, 6.07) is 9.29. The molecule has 9 nitrogen and oxygen atoms in total. The molecule has 0 aliphatic carbocycles. The van der Waals surface area contributed by atoms with Gasteiger partial charge in [-0.1, -0.05) is 17.7 Å². The molecular weight excluding hydrogens is 458 g/mol. The third-order valence-corrected chi connectivity index (χ3v) is 6.37. The molecule has 0 saturated heterocycles. The maximum atomic E-state index is 13.2. The number of aromatic nitrogens is 2. The minimum absolute atomic E-state index is 0.176. The van der Waals surface area contributed by atoms with E-state index in [4.69, 9.17) is 10.2 Å². The van der Waals surface area contributed by atoms with Crippen molar-refractivity contribution in [1.82, 2.24) is 14.3 Å². The predicted molar refractivity (Wildman–Crippen MR) is 128 cm³/mol. The largest absolute Gasteiger partial charge is 0.478 e. The van der Waals surface area contributed by atoms with E-state index in [-0.39, 0.29) is 4.90 Å². The summed E-state index contributed by atoms with van der Waals surface area (Å²) in [5, 5.41) is 18.7. The fraction of sp³-hybridized carbons (Fsp3) is 0.208. The highest BCUT2D eigenvalue weighted by molar-refractivity contribution is 7.90. The van der Waals surface area contributed by atoms with Crippen molar-refractivity contribution >= 4 is 22.0 Å². The molecule has 0 aliphatic rings. The molecule has 1 aromatic carbocycles. The van der Waals surface area contributed by atoms with Crippen LogP contribution in [0.15, 0.2) is 66.0 Å². The van der Waals surface area contributed by atoms with Crippen LogP contribution < -0.4 is 5.32 Å². The van der Waals surface area contributed by atoms with Crippen molar-refractivity contribution in [3.63, 3.8) is 0 Å². The van der Waals surface area contributed by atoms with Crippen LogP contribution in [0.25, 0.3) is 11.3 Å². The lowest BCUT2D eigenvalue weighted by Gasteiger charge is -2.15. The van der Waals surface area contributed by atoms with E-state index in [1.807, 2.05) is 33.9 Å². The molecule has 0 radical (unpaired) electrons. The monoisotopic (exact) mass is 485 g/mol. The molecule has 3 rings (SSSR count). The average Bonchev–Trinajstić information content (AvgIpc) is 3.17. The van der Waals surface area contributed by atoms with Gasteiger partial charge in [-0.25, -0.2) is 22.0 Å². The molecule has 0 bridgehead atoms. The maximum Gasteiger partial charge on any atom is 0.328 e. The lowest BCUT2D eigenvalue weighted by Crippen LogP contribution is -2.14. The third kappa shape index (κ3) is 6.63. The zero-order valence-corrected chi connectivity index (χ0v) is 20.1. The Kier molecular flexibility index (Phi) is 8.88. The molecule has 0 fully saturated rings. The standard InChI is InChI=1S/C20H23N3O2S.C4H4O4/c1-14-8-15(2)20(16(3)9-14)19-10-17(11-21-4)13-23(19)26(24,25)18-6-5-7-22-12-18;5-3(6)1-2-4(7)8/h5-10,12-13,21H,11H2,1-4H3;1-2H,(H,5,6)(H,7,8). The van der Waals surface area contributed by atoms with Crippen molar-refractivity contribution in [3.8, 4) is 11.3 Å². The maximum absolute atomic E-state index is 13.2. The fourth-order valence-electron chi connectivity index (χ4n) is 3.52. The van der Waals surface area contributed by atoms with Crippen molar-refractivity contribution in [3.05, 3.63) is 83.3 Å². The number of hydrogen-bond acceptors (Lipinski definition) is 6. The molecule has 0 saturated carbocycles. The Morgan fingerprint density at radius 2 is 1.65 bits per heavy atom. The van der Waals surface area contributed by atoms with Gasteiger partial charge in [0, 0.05) is 42.9 Å². The normalized spacial score (nSPS) is 11.2. The Hall–Kier alpha value is -3.76. The Labute approximate surface area is 198 Å². The number of carbonyl (C=O) groups is 2. The van der Waals surface area contributed by atoms with Crippen molar-refractivity contribution < 1.29 is 28.2 Å². The van der Waals surface area contributed by atoms with Gasteiger partial charge in [-0.2, -0.15) is 0 Å². The van der Waals surface area contributed by atoms with Gasteiger partial charge in [0.15, 0.2) is 0 Å². The molecule has 180 valence electrons. The number of hydrogen-bond donors (Lipinski definition) is 3. The zero-order valence-electron chi connectivity index (χ0n) is 19.3. The fourth-order valence-corrected chi connectivity index (χ4v) is 4.87. The van der Waals surface area contributed by atoms with Gasteiger partial charge in [-0.05, 0) is 62.7 Å². The molecule has 0 unspecified atom stereocenters. The van der Waals surface area contributed by atoms with Crippen LogP contribution in [0.4, 0.5) is 0 Å². The first-order valence-electron chi connectivity index (χ1n) is 10.2. The lowest BCUT2D eigenvalue weighted by atomic mass is 9.97. The Morgan fingerprint density at radius 1 is 1.06 bits per heavy atom. The minimum atomic E-state index is -3.73. The SMILES string of the molecule is CNCc1cc(-c2c(C)cc(C)cc2C)n(S(=O)(=O)c2cccnc2)c1.O=C(O)C=CC(=O)O. The molecule has 2 aromatic heterocycles. The van der Waals surface area contributed by atoms with E-state index in [9.17, 15) is 18.0 Å². The number of carboxylic acids is 2. The van der Waals surface area contributed by atoms with E-state index >= 15 is 0 Å². The van der Waals surface area contributed by atoms with Gasteiger partial charge in [0.1, 0.15) is 4.90 Å². The van der Waals surface area contributed by atoms with E-state index in [2.05, 4.69) is 22.4 Å². The van der Waals surface area contributed by atoms with Crippen LogP contribution in [0, 0.1) is 20.8 Å². The molecule has 0 amide bonds. The third-order valence-electron chi connectivity index (χ3n) is 4.72. The molecule has 10 heteroatoms. The number of pyridine rings is 1. The first-order valence-corrected chi connectivity index (χ1v) is 11.6. The second-order valence-corrected chi connectivity index (χ2v) is 9.35. The second-order valence-electron chi connectivity index (χ2n) is 7.54. The Bertz CT molecular complexity index is 1270. The van der Waals surface area contributed by atoms with Gasteiger partial charge < -0.3 is 15.5 Å². The minimum Gasteiger partial charge on any atom is -0.478 e. The van der Waals surface area contributed by atoms with E-state index in [1.165, 1.54) is 10.2 Å². The molecular formula is C24H27N3O6S. The van der Waals surface area contributed by atoms with Crippen LogP contribution in [0.5, 0.6) is 0 Å². The summed E-state index contributed by atoms with van der Waals surface area (Å²) < 4.78 is 27.9. The van der Waals surface area contributed by atoms with Crippen molar-refractivity contribution in [2.24, 2.45) is 0 Å². The van der Waals surface area contributed by atoms with Crippen LogP contribution in [0.3, 0.4) is 0 Å². The van der Waals surface area contributed by atoms with Gasteiger partial charge in [0.2, 0.25) is 0 Å². The smallest absolute Gasteiger partial charge is 0.328 e. The van der Waals surface area contributed by atoms with Gasteiger partial charge in [-0.3, -0.25) is 4.98 Å². The Balaban J connectivity index is 0.000000440. The summed E-state index contributed by atoms with van der Waals surface area (Å²) in [4.78, 5) is 23.2.